The highest BCUT2D eigenvalue weighted by Crippen LogP contribution is 2.38. The zero-order chi connectivity index (χ0) is 21.7. The van der Waals surface area contributed by atoms with E-state index in [0.29, 0.717) is 32.6 Å². The van der Waals surface area contributed by atoms with Crippen molar-refractivity contribution in [2.45, 2.75) is 18.9 Å². The second kappa shape index (κ2) is 7.46. The zero-order valence-corrected chi connectivity index (χ0v) is 16.7. The number of carbonyl (C=O) groups is 1. The summed E-state index contributed by atoms with van der Waals surface area (Å²) < 4.78 is 32.5. The lowest BCUT2D eigenvalue weighted by Crippen LogP contribution is -2.44. The van der Waals surface area contributed by atoms with Gasteiger partial charge in [-0.25, -0.2) is 13.6 Å². The fourth-order valence-electron chi connectivity index (χ4n) is 4.83. The first-order valence-electron chi connectivity index (χ1n) is 10.3. The Labute approximate surface area is 176 Å². The molecule has 6 nitrogen and oxygen atoms in total. The van der Waals surface area contributed by atoms with Crippen molar-refractivity contribution in [2.24, 2.45) is 0 Å². The number of benzene rings is 2. The Bertz CT molecular complexity index is 1270. The molecule has 2 heterocycles. The summed E-state index contributed by atoms with van der Waals surface area (Å²) >= 11 is 0. The molecule has 2 aromatic carbocycles. The molecule has 0 spiro atoms. The molecule has 1 saturated heterocycles. The first-order valence-corrected chi connectivity index (χ1v) is 10.3. The minimum atomic E-state index is -1.42. The maximum absolute atomic E-state index is 15.9. The Hall–Kier alpha value is -3.26. The van der Waals surface area contributed by atoms with Crippen LogP contribution < -0.4 is 15.6 Å². The highest BCUT2D eigenvalue weighted by Gasteiger charge is 2.30. The molecule has 1 atom stereocenters. The van der Waals surface area contributed by atoms with Crippen LogP contribution in [0.25, 0.3) is 10.9 Å². The van der Waals surface area contributed by atoms with Gasteiger partial charge in [-0.2, -0.15) is 0 Å². The molecule has 160 valence electrons. The van der Waals surface area contributed by atoms with Crippen LogP contribution >= 0.6 is 0 Å². The van der Waals surface area contributed by atoms with Crippen LogP contribution in [0.15, 0.2) is 41.3 Å². The number of piperazine rings is 1. The van der Waals surface area contributed by atoms with Crippen LogP contribution in [0, 0.1) is 11.6 Å². The van der Waals surface area contributed by atoms with Crippen molar-refractivity contribution >= 4 is 22.6 Å². The summed E-state index contributed by atoms with van der Waals surface area (Å²) in [7, 11) is 0. The minimum absolute atomic E-state index is 0.0494. The SMILES string of the molecule is O=C(O)c1cn(C2CCc3ccccc32)c2c(F)c(N3CCNCC3)c(F)cc2c1=O. The second-order valence-corrected chi connectivity index (χ2v) is 7.99. The van der Waals surface area contributed by atoms with Gasteiger partial charge in [-0.1, -0.05) is 24.3 Å². The molecule has 2 N–H and O–H groups in total. The van der Waals surface area contributed by atoms with Gasteiger partial charge in [0.15, 0.2) is 5.82 Å². The Morgan fingerprint density at radius 3 is 2.65 bits per heavy atom. The largest absolute Gasteiger partial charge is 0.477 e. The average molecular weight is 425 g/mol. The smallest absolute Gasteiger partial charge is 0.341 e. The first kappa shape index (κ1) is 19.7. The number of hydrogen-bond acceptors (Lipinski definition) is 4. The average Bonchev–Trinajstić information content (AvgIpc) is 3.19. The maximum atomic E-state index is 15.9. The fraction of sp³-hybridized carbons (Fsp3) is 0.304. The molecule has 3 aromatic rings. The predicted molar refractivity (Wildman–Crippen MR) is 113 cm³/mol. The van der Waals surface area contributed by atoms with E-state index >= 15 is 8.78 Å². The monoisotopic (exact) mass is 425 g/mol. The molecule has 1 aromatic heterocycles. The summed E-state index contributed by atoms with van der Waals surface area (Å²) in [4.78, 5) is 26.2. The van der Waals surface area contributed by atoms with Crippen LogP contribution in [-0.4, -0.2) is 41.8 Å². The van der Waals surface area contributed by atoms with Crippen LogP contribution in [0.5, 0.6) is 0 Å². The summed E-state index contributed by atoms with van der Waals surface area (Å²) in [6.07, 6.45) is 2.60. The standard InChI is InChI=1S/C23H21F2N3O3/c24-17-11-15-20(19(25)21(17)27-9-7-26-8-10-27)28(12-16(22(15)29)23(30)31)18-6-5-13-3-1-2-4-14(13)18/h1-4,11-12,18,26H,5-10H2,(H,30,31). The molecule has 0 saturated carbocycles. The van der Waals surface area contributed by atoms with E-state index in [-0.39, 0.29) is 22.6 Å². The quantitative estimate of drug-likeness (QED) is 0.675. The number of rotatable bonds is 3. The number of nitrogens with one attached hydrogen (secondary N) is 1. The van der Waals surface area contributed by atoms with Crippen molar-refractivity contribution in [2.75, 3.05) is 31.1 Å². The summed E-state index contributed by atoms with van der Waals surface area (Å²) in [5.74, 6) is -3.10. The molecule has 8 heteroatoms. The third kappa shape index (κ3) is 3.09. The normalized spacial score (nSPS) is 18.4. The molecule has 2 aliphatic rings. The van der Waals surface area contributed by atoms with Crippen molar-refractivity contribution in [3.63, 3.8) is 0 Å². The van der Waals surface area contributed by atoms with Gasteiger partial charge in [0.2, 0.25) is 5.43 Å². The van der Waals surface area contributed by atoms with Crippen molar-refractivity contribution in [1.82, 2.24) is 9.88 Å². The highest BCUT2D eigenvalue weighted by atomic mass is 19.1. The van der Waals surface area contributed by atoms with Crippen molar-refractivity contribution in [3.05, 3.63) is 75.1 Å². The molecule has 5 rings (SSSR count). The van der Waals surface area contributed by atoms with Gasteiger partial charge in [0.1, 0.15) is 17.1 Å². The molecule has 0 radical (unpaired) electrons. The van der Waals surface area contributed by atoms with Gasteiger partial charge in [-0.3, -0.25) is 4.79 Å². The van der Waals surface area contributed by atoms with Crippen molar-refractivity contribution in [3.8, 4) is 0 Å². The molecule has 1 aliphatic heterocycles. The maximum Gasteiger partial charge on any atom is 0.341 e. The highest BCUT2D eigenvalue weighted by molar-refractivity contribution is 5.94. The molecular formula is C23H21F2N3O3. The number of hydrogen-bond donors (Lipinski definition) is 2. The van der Waals surface area contributed by atoms with E-state index in [2.05, 4.69) is 5.32 Å². The van der Waals surface area contributed by atoms with E-state index in [4.69, 9.17) is 0 Å². The topological polar surface area (TPSA) is 74.6 Å². The molecule has 1 unspecified atom stereocenters. The van der Waals surface area contributed by atoms with E-state index in [1.807, 2.05) is 24.3 Å². The van der Waals surface area contributed by atoms with E-state index in [1.54, 1.807) is 4.90 Å². The van der Waals surface area contributed by atoms with Crippen LogP contribution in [-0.2, 0) is 6.42 Å². The minimum Gasteiger partial charge on any atom is -0.477 e. The zero-order valence-electron chi connectivity index (χ0n) is 16.7. The molecule has 0 amide bonds. The summed E-state index contributed by atoms with van der Waals surface area (Å²) in [5.41, 5.74) is 0.459. The number of aromatic carboxylic acids is 1. The number of aryl methyl sites for hydroxylation is 1. The van der Waals surface area contributed by atoms with Gasteiger partial charge in [-0.15, -0.1) is 0 Å². The van der Waals surface area contributed by atoms with Gasteiger partial charge in [0, 0.05) is 32.4 Å². The van der Waals surface area contributed by atoms with Gasteiger partial charge >= 0.3 is 5.97 Å². The summed E-state index contributed by atoms with van der Waals surface area (Å²) in [6, 6.07) is 8.36. The number of anilines is 1. The first-order chi connectivity index (χ1) is 15.0. The van der Waals surface area contributed by atoms with Gasteiger partial charge < -0.3 is 19.9 Å². The number of aromatic nitrogens is 1. The molecule has 0 bridgehead atoms. The number of carboxylic acids is 1. The van der Waals surface area contributed by atoms with Crippen molar-refractivity contribution in [1.29, 1.82) is 0 Å². The van der Waals surface area contributed by atoms with E-state index < -0.39 is 28.6 Å². The number of pyridine rings is 1. The van der Waals surface area contributed by atoms with Gasteiger partial charge in [0.25, 0.3) is 0 Å². The third-order valence-electron chi connectivity index (χ3n) is 6.28. The molecular weight excluding hydrogens is 404 g/mol. The third-order valence-corrected chi connectivity index (χ3v) is 6.28. The lowest BCUT2D eigenvalue weighted by molar-refractivity contribution is 0.0694. The van der Waals surface area contributed by atoms with Crippen LogP contribution in [0.2, 0.25) is 0 Å². The molecule has 1 fully saturated rings. The Morgan fingerprint density at radius 1 is 1.16 bits per heavy atom. The number of fused-ring (bicyclic) bond motifs is 2. The van der Waals surface area contributed by atoms with E-state index in [0.717, 1.165) is 23.6 Å². The number of carboxylic acid groups (broad SMARTS) is 1. The summed E-state index contributed by atoms with van der Waals surface area (Å²) in [5, 5.41) is 12.5. The predicted octanol–water partition coefficient (Wildman–Crippen LogP) is 2.92. The number of halogens is 2. The summed E-state index contributed by atoms with van der Waals surface area (Å²) in [6.45, 7) is 2.06. The van der Waals surface area contributed by atoms with Crippen LogP contribution in [0.1, 0.15) is 33.9 Å². The number of nitrogens with zero attached hydrogens (tertiary/aromatic N) is 2. The van der Waals surface area contributed by atoms with Gasteiger partial charge in [0.05, 0.1) is 16.9 Å². The second-order valence-electron chi connectivity index (χ2n) is 7.99. The van der Waals surface area contributed by atoms with Crippen LogP contribution in [0.4, 0.5) is 14.5 Å². The van der Waals surface area contributed by atoms with Gasteiger partial charge in [-0.05, 0) is 30.0 Å². The molecule has 1 aliphatic carbocycles. The Kier molecular flexibility index (Phi) is 4.74. The van der Waals surface area contributed by atoms with E-state index in [1.165, 1.54) is 10.8 Å². The van der Waals surface area contributed by atoms with E-state index in [9.17, 15) is 14.7 Å². The Balaban J connectivity index is 1.82. The Morgan fingerprint density at radius 2 is 1.90 bits per heavy atom. The molecule has 31 heavy (non-hydrogen) atoms. The lowest BCUT2D eigenvalue weighted by Gasteiger charge is -2.31. The van der Waals surface area contributed by atoms with Crippen molar-refractivity contribution < 1.29 is 18.7 Å². The fourth-order valence-corrected chi connectivity index (χ4v) is 4.83. The van der Waals surface area contributed by atoms with Crippen LogP contribution in [0.3, 0.4) is 0 Å². The lowest BCUT2D eigenvalue weighted by atomic mass is 10.0.